The van der Waals surface area contributed by atoms with Crippen LogP contribution in [0.4, 0.5) is 0 Å². The molecule has 3 heteroatoms. The van der Waals surface area contributed by atoms with E-state index in [4.69, 9.17) is 4.74 Å². The number of nitrogens with one attached hydrogen (secondary N) is 1. The first-order valence-electron chi connectivity index (χ1n) is 6.25. The minimum atomic E-state index is 0.220. The van der Waals surface area contributed by atoms with Gasteiger partial charge in [-0.25, -0.2) is 0 Å². The third kappa shape index (κ3) is 3.49. The zero-order valence-corrected chi connectivity index (χ0v) is 9.34. The third-order valence-corrected chi connectivity index (χ3v) is 3.44. The molecule has 1 atom stereocenters. The van der Waals surface area contributed by atoms with Gasteiger partial charge in [0.2, 0.25) is 5.91 Å². The molecule has 1 aliphatic heterocycles. The fourth-order valence-electron chi connectivity index (χ4n) is 2.53. The monoisotopic (exact) mass is 211 g/mol. The molecule has 86 valence electrons. The van der Waals surface area contributed by atoms with Crippen LogP contribution >= 0.6 is 0 Å². The number of carbonyl (C=O) groups is 1. The Bertz CT molecular complexity index is 206. The molecular weight excluding hydrogens is 190 g/mol. The summed E-state index contributed by atoms with van der Waals surface area (Å²) in [5.74, 6) is 0.220. The Balaban J connectivity index is 1.59. The van der Waals surface area contributed by atoms with Crippen LogP contribution in [0, 0.1) is 0 Å². The molecule has 0 aromatic heterocycles. The summed E-state index contributed by atoms with van der Waals surface area (Å²) in [4.78, 5) is 11.6. The van der Waals surface area contributed by atoms with E-state index in [2.05, 4.69) is 5.32 Å². The highest BCUT2D eigenvalue weighted by atomic mass is 16.5. The lowest BCUT2D eigenvalue weighted by Crippen LogP contribution is -2.32. The minimum absolute atomic E-state index is 0.220. The molecule has 1 heterocycles. The van der Waals surface area contributed by atoms with Crippen LogP contribution in [0.1, 0.15) is 51.4 Å². The van der Waals surface area contributed by atoms with E-state index in [-0.39, 0.29) is 5.91 Å². The van der Waals surface area contributed by atoms with Crippen molar-refractivity contribution in [3.05, 3.63) is 0 Å². The molecule has 1 saturated heterocycles. The second-order valence-corrected chi connectivity index (χ2v) is 4.72. The summed E-state index contributed by atoms with van der Waals surface area (Å²) in [6.45, 7) is 0.884. The summed E-state index contributed by atoms with van der Waals surface area (Å²) >= 11 is 0. The van der Waals surface area contributed by atoms with Crippen LogP contribution < -0.4 is 5.32 Å². The highest BCUT2D eigenvalue weighted by Gasteiger charge is 2.19. The molecule has 2 rings (SSSR count). The van der Waals surface area contributed by atoms with Crippen molar-refractivity contribution in [2.45, 2.75) is 63.5 Å². The quantitative estimate of drug-likeness (QED) is 0.772. The van der Waals surface area contributed by atoms with Crippen LogP contribution in [0.2, 0.25) is 0 Å². The zero-order chi connectivity index (χ0) is 10.5. The SMILES string of the molecule is O=C(CCC1CCCO1)NC1CCCC1. The van der Waals surface area contributed by atoms with Crippen LogP contribution in [0.25, 0.3) is 0 Å². The highest BCUT2D eigenvalue weighted by Crippen LogP contribution is 2.19. The minimum Gasteiger partial charge on any atom is -0.378 e. The third-order valence-electron chi connectivity index (χ3n) is 3.44. The molecule has 1 saturated carbocycles. The molecule has 3 nitrogen and oxygen atoms in total. The van der Waals surface area contributed by atoms with E-state index in [1.165, 1.54) is 25.7 Å². The Morgan fingerprint density at radius 3 is 2.67 bits per heavy atom. The average Bonchev–Trinajstić information content (AvgIpc) is 2.86. The molecular formula is C12H21NO2. The lowest BCUT2D eigenvalue weighted by molar-refractivity contribution is -0.122. The van der Waals surface area contributed by atoms with E-state index in [1.54, 1.807) is 0 Å². The Morgan fingerprint density at radius 2 is 2.00 bits per heavy atom. The topological polar surface area (TPSA) is 38.3 Å². The smallest absolute Gasteiger partial charge is 0.220 e. The van der Waals surface area contributed by atoms with Gasteiger partial charge in [0.1, 0.15) is 0 Å². The Hall–Kier alpha value is -0.570. The number of carbonyl (C=O) groups excluding carboxylic acids is 1. The summed E-state index contributed by atoms with van der Waals surface area (Å²) < 4.78 is 5.49. The lowest BCUT2D eigenvalue weighted by atomic mass is 10.1. The van der Waals surface area contributed by atoms with Crippen molar-refractivity contribution in [2.75, 3.05) is 6.61 Å². The molecule has 1 aliphatic carbocycles. The van der Waals surface area contributed by atoms with E-state index in [9.17, 15) is 4.79 Å². The van der Waals surface area contributed by atoms with E-state index in [0.717, 1.165) is 25.9 Å². The van der Waals surface area contributed by atoms with Crippen LogP contribution in [0.3, 0.4) is 0 Å². The molecule has 0 radical (unpaired) electrons. The number of amides is 1. The second kappa shape index (κ2) is 5.50. The maximum absolute atomic E-state index is 11.6. The average molecular weight is 211 g/mol. The van der Waals surface area contributed by atoms with E-state index in [1.807, 2.05) is 0 Å². The van der Waals surface area contributed by atoms with Gasteiger partial charge in [0.25, 0.3) is 0 Å². The second-order valence-electron chi connectivity index (χ2n) is 4.72. The van der Waals surface area contributed by atoms with Crippen LogP contribution in [0.15, 0.2) is 0 Å². The number of hydrogen-bond acceptors (Lipinski definition) is 2. The van der Waals surface area contributed by atoms with Crippen molar-refractivity contribution < 1.29 is 9.53 Å². The lowest BCUT2D eigenvalue weighted by Gasteiger charge is -2.13. The first-order chi connectivity index (χ1) is 7.34. The molecule has 2 aliphatic rings. The van der Waals surface area contributed by atoms with Gasteiger partial charge in [0, 0.05) is 19.1 Å². The van der Waals surface area contributed by atoms with Gasteiger partial charge in [0.15, 0.2) is 0 Å². The summed E-state index contributed by atoms with van der Waals surface area (Å²) in [6.07, 6.45) is 9.08. The van der Waals surface area contributed by atoms with E-state index in [0.29, 0.717) is 18.6 Å². The van der Waals surface area contributed by atoms with Crippen molar-refractivity contribution in [2.24, 2.45) is 0 Å². The molecule has 1 N–H and O–H groups in total. The molecule has 1 amide bonds. The largest absolute Gasteiger partial charge is 0.378 e. The number of hydrogen-bond donors (Lipinski definition) is 1. The van der Waals surface area contributed by atoms with Crippen molar-refractivity contribution in [1.82, 2.24) is 5.32 Å². The van der Waals surface area contributed by atoms with Gasteiger partial charge in [-0.3, -0.25) is 4.79 Å². The maximum Gasteiger partial charge on any atom is 0.220 e. The number of ether oxygens (including phenoxy) is 1. The summed E-state index contributed by atoms with van der Waals surface area (Å²) in [7, 11) is 0. The van der Waals surface area contributed by atoms with Gasteiger partial charge < -0.3 is 10.1 Å². The van der Waals surface area contributed by atoms with Gasteiger partial charge in [-0.15, -0.1) is 0 Å². The fourth-order valence-corrected chi connectivity index (χ4v) is 2.53. The highest BCUT2D eigenvalue weighted by molar-refractivity contribution is 5.76. The van der Waals surface area contributed by atoms with Crippen molar-refractivity contribution in [3.63, 3.8) is 0 Å². The normalized spacial score (nSPS) is 27.1. The molecule has 1 unspecified atom stereocenters. The summed E-state index contributed by atoms with van der Waals surface area (Å²) in [6, 6.07) is 0.460. The Labute approximate surface area is 91.6 Å². The van der Waals surface area contributed by atoms with Gasteiger partial charge in [0.05, 0.1) is 6.10 Å². The number of rotatable bonds is 4. The van der Waals surface area contributed by atoms with Gasteiger partial charge in [-0.1, -0.05) is 12.8 Å². The van der Waals surface area contributed by atoms with E-state index < -0.39 is 0 Å². The van der Waals surface area contributed by atoms with Crippen molar-refractivity contribution in [3.8, 4) is 0 Å². The van der Waals surface area contributed by atoms with Gasteiger partial charge in [-0.05, 0) is 32.1 Å². The molecule has 0 bridgehead atoms. The van der Waals surface area contributed by atoms with Gasteiger partial charge in [-0.2, -0.15) is 0 Å². The maximum atomic E-state index is 11.6. The van der Waals surface area contributed by atoms with Crippen LogP contribution in [0.5, 0.6) is 0 Å². The molecule has 0 aromatic rings. The summed E-state index contributed by atoms with van der Waals surface area (Å²) in [5.41, 5.74) is 0. The first-order valence-corrected chi connectivity index (χ1v) is 6.25. The van der Waals surface area contributed by atoms with Crippen LogP contribution in [-0.4, -0.2) is 24.7 Å². The molecule has 0 spiro atoms. The summed E-state index contributed by atoms with van der Waals surface area (Å²) in [5, 5.41) is 3.11. The molecule has 2 fully saturated rings. The van der Waals surface area contributed by atoms with Gasteiger partial charge >= 0.3 is 0 Å². The molecule has 15 heavy (non-hydrogen) atoms. The standard InChI is InChI=1S/C12H21NO2/c14-12(13-10-4-1-2-5-10)8-7-11-6-3-9-15-11/h10-11H,1-9H2,(H,13,14). The van der Waals surface area contributed by atoms with E-state index >= 15 is 0 Å². The fraction of sp³-hybridized carbons (Fsp3) is 0.917. The van der Waals surface area contributed by atoms with Crippen LogP contribution in [-0.2, 0) is 9.53 Å². The Morgan fingerprint density at radius 1 is 1.20 bits per heavy atom. The predicted molar refractivity (Wildman–Crippen MR) is 58.6 cm³/mol. The molecule has 0 aromatic carbocycles. The Kier molecular flexibility index (Phi) is 4.01. The predicted octanol–water partition coefficient (Wildman–Crippen LogP) is 2.00. The zero-order valence-electron chi connectivity index (χ0n) is 9.34. The first kappa shape index (κ1) is 10.9. The van der Waals surface area contributed by atoms with Crippen molar-refractivity contribution in [1.29, 1.82) is 0 Å². The van der Waals surface area contributed by atoms with Crippen molar-refractivity contribution >= 4 is 5.91 Å².